The van der Waals surface area contributed by atoms with E-state index < -0.39 is 29.2 Å². The molecule has 0 aromatic carbocycles. The predicted octanol–water partition coefficient (Wildman–Crippen LogP) is -1.42. The lowest BCUT2D eigenvalue weighted by molar-refractivity contribution is -0.144. The summed E-state index contributed by atoms with van der Waals surface area (Å²) in [6.07, 6.45) is -0.903. The first-order valence-electron chi connectivity index (χ1n) is 6.23. The highest BCUT2D eigenvalue weighted by atomic mass is 16.3. The van der Waals surface area contributed by atoms with Crippen LogP contribution in [0.5, 0.6) is 0 Å². The topological polar surface area (TPSA) is 127 Å². The fourth-order valence-electron chi connectivity index (χ4n) is 2.78. The van der Waals surface area contributed by atoms with Gasteiger partial charge in [-0.25, -0.2) is 0 Å². The summed E-state index contributed by atoms with van der Waals surface area (Å²) in [5, 5.41) is 10.2. The number of hydrogen-bond donors (Lipinski definition) is 3. The van der Waals surface area contributed by atoms with Gasteiger partial charge in [0.25, 0.3) is 0 Å². The number of β-amino-alcohol motifs (C(OH)–C–C–N with tert-alkyl or cyclic N) is 1. The monoisotopic (exact) mass is 271 g/mol. The number of carbonyl (C=O) groups excluding carboxylic acids is 3. The van der Waals surface area contributed by atoms with Crippen molar-refractivity contribution >= 4 is 17.7 Å². The molecule has 7 heteroatoms. The van der Waals surface area contributed by atoms with E-state index in [9.17, 15) is 19.5 Å². The van der Waals surface area contributed by atoms with Crippen molar-refractivity contribution in [3.63, 3.8) is 0 Å². The lowest BCUT2D eigenvalue weighted by atomic mass is 9.74. The predicted molar refractivity (Wildman–Crippen MR) is 67.5 cm³/mol. The van der Waals surface area contributed by atoms with Crippen molar-refractivity contribution in [2.45, 2.75) is 32.8 Å². The Morgan fingerprint density at radius 3 is 2.42 bits per heavy atom. The largest absolute Gasteiger partial charge is 0.390 e. The second-order valence-corrected chi connectivity index (χ2v) is 5.56. The van der Waals surface area contributed by atoms with Crippen LogP contribution in [0.25, 0.3) is 0 Å². The molecule has 1 heterocycles. The maximum absolute atomic E-state index is 12.4. The van der Waals surface area contributed by atoms with Crippen molar-refractivity contribution in [2.24, 2.45) is 22.8 Å². The van der Waals surface area contributed by atoms with Crippen LogP contribution in [0.4, 0.5) is 0 Å². The summed E-state index contributed by atoms with van der Waals surface area (Å²) < 4.78 is 0. The van der Waals surface area contributed by atoms with Crippen LogP contribution in [-0.4, -0.2) is 46.9 Å². The smallest absolute Gasteiger partial charge is 0.237 e. The molecule has 2 atom stereocenters. The quantitative estimate of drug-likeness (QED) is 0.548. The molecule has 2 unspecified atom stereocenters. The van der Waals surface area contributed by atoms with E-state index in [0.29, 0.717) is 6.42 Å². The zero-order chi connectivity index (χ0) is 14.8. The fraction of sp³-hybridized carbons (Fsp3) is 0.750. The number of likely N-dealkylation sites (tertiary alicyclic amines) is 1. The molecule has 108 valence electrons. The molecule has 0 aliphatic carbocycles. The van der Waals surface area contributed by atoms with Crippen molar-refractivity contribution in [3.8, 4) is 0 Å². The Labute approximate surface area is 111 Å². The van der Waals surface area contributed by atoms with Gasteiger partial charge in [-0.15, -0.1) is 0 Å². The molecule has 1 saturated heterocycles. The number of amides is 3. The van der Waals surface area contributed by atoms with Gasteiger partial charge in [-0.2, -0.15) is 0 Å². The van der Waals surface area contributed by atoms with Gasteiger partial charge in [-0.1, -0.05) is 13.8 Å². The second kappa shape index (κ2) is 5.56. The van der Waals surface area contributed by atoms with Crippen LogP contribution in [0.3, 0.4) is 0 Å². The molecule has 1 rings (SSSR count). The Bertz CT molecular complexity index is 396. The van der Waals surface area contributed by atoms with E-state index >= 15 is 0 Å². The minimum absolute atomic E-state index is 0.00176. The first-order chi connectivity index (χ1) is 8.69. The van der Waals surface area contributed by atoms with Gasteiger partial charge in [0.1, 0.15) is 0 Å². The molecule has 0 aromatic heterocycles. The fourth-order valence-corrected chi connectivity index (χ4v) is 2.78. The molecule has 0 saturated carbocycles. The Balaban J connectivity index is 3.04. The van der Waals surface area contributed by atoms with Crippen molar-refractivity contribution in [3.05, 3.63) is 0 Å². The first kappa shape index (κ1) is 15.4. The van der Waals surface area contributed by atoms with E-state index in [4.69, 9.17) is 11.5 Å². The van der Waals surface area contributed by atoms with E-state index in [0.717, 1.165) is 0 Å². The van der Waals surface area contributed by atoms with Crippen LogP contribution >= 0.6 is 0 Å². The lowest BCUT2D eigenvalue weighted by Crippen LogP contribution is -2.44. The molecule has 0 radical (unpaired) electrons. The van der Waals surface area contributed by atoms with Gasteiger partial charge in [0, 0.05) is 13.0 Å². The highest BCUT2D eigenvalue weighted by molar-refractivity contribution is 5.93. The van der Waals surface area contributed by atoms with Gasteiger partial charge < -0.3 is 21.5 Å². The van der Waals surface area contributed by atoms with Crippen molar-refractivity contribution < 1.29 is 19.5 Å². The molecular weight excluding hydrogens is 250 g/mol. The Kier molecular flexibility index (Phi) is 4.52. The standard InChI is InChI=1S/C12H21N3O4/c1-7(2)3-12(4-9(13)17)8(16)5-15(11(12)19)6-10(14)18/h7-8,16H,3-6H2,1-2H3,(H2,13,17)(H2,14,18). The zero-order valence-electron chi connectivity index (χ0n) is 11.3. The summed E-state index contributed by atoms with van der Waals surface area (Å²) in [7, 11) is 0. The third-order valence-corrected chi connectivity index (χ3v) is 3.35. The van der Waals surface area contributed by atoms with E-state index in [1.54, 1.807) is 0 Å². The average Bonchev–Trinajstić information content (AvgIpc) is 2.41. The average molecular weight is 271 g/mol. The number of carbonyl (C=O) groups is 3. The third-order valence-electron chi connectivity index (χ3n) is 3.35. The molecular formula is C12H21N3O4. The highest BCUT2D eigenvalue weighted by Gasteiger charge is 2.54. The second-order valence-electron chi connectivity index (χ2n) is 5.56. The van der Waals surface area contributed by atoms with E-state index in [2.05, 4.69) is 0 Å². The summed E-state index contributed by atoms with van der Waals surface area (Å²) in [4.78, 5) is 35.7. The maximum Gasteiger partial charge on any atom is 0.237 e. The molecule has 0 bridgehead atoms. The summed E-state index contributed by atoms with van der Waals surface area (Å²) in [6.45, 7) is 3.52. The lowest BCUT2D eigenvalue weighted by Gasteiger charge is -2.30. The van der Waals surface area contributed by atoms with E-state index in [1.807, 2.05) is 13.8 Å². The maximum atomic E-state index is 12.4. The number of rotatable bonds is 6. The molecule has 1 fully saturated rings. The van der Waals surface area contributed by atoms with Gasteiger partial charge in [-0.05, 0) is 12.3 Å². The van der Waals surface area contributed by atoms with Crippen molar-refractivity contribution in [2.75, 3.05) is 13.1 Å². The molecule has 5 N–H and O–H groups in total. The summed E-state index contributed by atoms with van der Waals surface area (Å²) in [5.41, 5.74) is 9.03. The Hall–Kier alpha value is -1.63. The summed E-state index contributed by atoms with van der Waals surface area (Å²) in [5.74, 6) is -1.62. The minimum Gasteiger partial charge on any atom is -0.390 e. The molecule has 0 aromatic rings. The number of nitrogens with two attached hydrogens (primary N) is 2. The van der Waals surface area contributed by atoms with Crippen LogP contribution in [0, 0.1) is 11.3 Å². The Morgan fingerprint density at radius 2 is 2.00 bits per heavy atom. The molecule has 3 amide bonds. The molecule has 1 aliphatic rings. The van der Waals surface area contributed by atoms with Gasteiger partial charge >= 0.3 is 0 Å². The van der Waals surface area contributed by atoms with E-state index in [-0.39, 0.29) is 25.4 Å². The van der Waals surface area contributed by atoms with Gasteiger partial charge in [0.05, 0.1) is 18.1 Å². The number of nitrogens with zero attached hydrogens (tertiary/aromatic N) is 1. The molecule has 0 spiro atoms. The summed E-state index contributed by atoms with van der Waals surface area (Å²) in [6, 6.07) is 0. The number of primary amides is 2. The van der Waals surface area contributed by atoms with Gasteiger partial charge in [0.2, 0.25) is 17.7 Å². The van der Waals surface area contributed by atoms with Crippen LogP contribution < -0.4 is 11.5 Å². The van der Waals surface area contributed by atoms with Crippen LogP contribution in [0.15, 0.2) is 0 Å². The minimum atomic E-state index is -1.23. The first-order valence-corrected chi connectivity index (χ1v) is 6.23. The molecule has 19 heavy (non-hydrogen) atoms. The van der Waals surface area contributed by atoms with Gasteiger partial charge in [-0.3, -0.25) is 14.4 Å². The van der Waals surface area contributed by atoms with Gasteiger partial charge in [0.15, 0.2) is 0 Å². The zero-order valence-corrected chi connectivity index (χ0v) is 11.3. The van der Waals surface area contributed by atoms with Crippen LogP contribution in [0.2, 0.25) is 0 Å². The number of aliphatic hydroxyl groups is 1. The summed E-state index contributed by atoms with van der Waals surface area (Å²) >= 11 is 0. The van der Waals surface area contributed by atoms with E-state index in [1.165, 1.54) is 4.90 Å². The molecule has 7 nitrogen and oxygen atoms in total. The van der Waals surface area contributed by atoms with Crippen molar-refractivity contribution in [1.82, 2.24) is 4.90 Å². The molecule has 1 aliphatic heterocycles. The number of hydrogen-bond acceptors (Lipinski definition) is 4. The van der Waals surface area contributed by atoms with Crippen LogP contribution in [-0.2, 0) is 14.4 Å². The highest BCUT2D eigenvalue weighted by Crippen LogP contribution is 2.41. The third kappa shape index (κ3) is 3.23. The van der Waals surface area contributed by atoms with Crippen LogP contribution in [0.1, 0.15) is 26.7 Å². The van der Waals surface area contributed by atoms with Crippen molar-refractivity contribution in [1.29, 1.82) is 0 Å². The Morgan fingerprint density at radius 1 is 1.42 bits per heavy atom. The SMILES string of the molecule is CC(C)CC1(CC(N)=O)C(=O)N(CC(N)=O)CC1O. The normalized spacial score (nSPS) is 27.1. The number of aliphatic hydroxyl groups excluding tert-OH is 1.